The van der Waals surface area contributed by atoms with Gasteiger partial charge in [-0.1, -0.05) is 23.2 Å². The zero-order valence-electron chi connectivity index (χ0n) is 23.4. The molecule has 0 bridgehead atoms. The molecule has 1 atom stereocenters. The van der Waals surface area contributed by atoms with Gasteiger partial charge < -0.3 is 15.4 Å². The number of nitrogens with zero attached hydrogens (tertiary/aromatic N) is 4. The van der Waals surface area contributed by atoms with Gasteiger partial charge in [-0.15, -0.1) is 0 Å². The first-order valence-corrected chi connectivity index (χ1v) is 12.8. The van der Waals surface area contributed by atoms with Crippen molar-refractivity contribution in [3.63, 3.8) is 0 Å². The second-order valence-corrected chi connectivity index (χ2v) is 10.5. The number of nitrogens with two attached hydrogens (primary N) is 1. The van der Waals surface area contributed by atoms with Crippen LogP contribution in [0.25, 0.3) is 11.1 Å². The summed E-state index contributed by atoms with van der Waals surface area (Å²) in [6, 6.07) is 4.31. The van der Waals surface area contributed by atoms with E-state index < -0.39 is 41.4 Å². The molecule has 2 aromatic heterocycles. The Hall–Kier alpha value is -3.92. The van der Waals surface area contributed by atoms with Gasteiger partial charge in [0.2, 0.25) is 5.91 Å². The minimum absolute atomic E-state index is 0.0933. The number of pyridine rings is 1. The van der Waals surface area contributed by atoms with E-state index in [2.05, 4.69) is 10.1 Å². The van der Waals surface area contributed by atoms with Crippen LogP contribution in [0.3, 0.4) is 0 Å². The van der Waals surface area contributed by atoms with Crippen LogP contribution in [0.5, 0.6) is 5.75 Å². The number of hydrogen-bond acceptors (Lipinski definition) is 7. The molecule has 0 saturated heterocycles. The maximum Gasteiger partial charge on any atom is 0.458 e. The fourth-order valence-electron chi connectivity index (χ4n) is 3.55. The van der Waals surface area contributed by atoms with Crippen LogP contribution in [0, 0.1) is 5.82 Å². The van der Waals surface area contributed by atoms with Crippen LogP contribution in [-0.4, -0.2) is 63.6 Å². The normalized spacial score (nSPS) is 12.6. The molecule has 3 rings (SSSR count). The molecule has 3 aromatic rings. The Kier molecular flexibility index (Phi) is 11.0. The number of likely N-dealkylation sites (N-methyl/N-ethyl adjacent to an activating group) is 1. The minimum atomic E-state index is -5.77. The van der Waals surface area contributed by atoms with Crippen molar-refractivity contribution < 1.29 is 49.9 Å². The number of anilines is 1. The predicted octanol–water partition coefficient (Wildman–Crippen LogP) is 6.19. The van der Waals surface area contributed by atoms with E-state index in [1.54, 1.807) is 64.2 Å². The Morgan fingerprint density at radius 2 is 1.52 bits per heavy atom. The molecule has 0 saturated carbocycles. The van der Waals surface area contributed by atoms with Crippen LogP contribution in [0.4, 0.5) is 36.6 Å². The van der Waals surface area contributed by atoms with Crippen LogP contribution in [0.1, 0.15) is 32.4 Å². The lowest BCUT2D eigenvalue weighted by Crippen LogP contribution is -2.44. The number of ether oxygens (including phenoxy) is 1. The van der Waals surface area contributed by atoms with Gasteiger partial charge in [-0.25, -0.2) is 9.37 Å². The summed E-state index contributed by atoms with van der Waals surface area (Å²) in [5, 5.41) is 4.52. The lowest BCUT2D eigenvalue weighted by Gasteiger charge is -2.27. The molecule has 1 amide bonds. The summed E-state index contributed by atoms with van der Waals surface area (Å²) < 4.78 is 88.4. The van der Waals surface area contributed by atoms with Crippen molar-refractivity contribution in [2.45, 2.75) is 44.8 Å². The fraction of sp³-hybridized carbons (Fsp3) is 0.346. The molecule has 2 heterocycles. The van der Waals surface area contributed by atoms with E-state index in [0.717, 1.165) is 5.56 Å². The van der Waals surface area contributed by atoms with E-state index in [-0.39, 0.29) is 27.5 Å². The van der Waals surface area contributed by atoms with Crippen LogP contribution in [0.15, 0.2) is 36.8 Å². The second-order valence-electron chi connectivity index (χ2n) is 9.71. The number of Topliss-reactive ketones (excluding diaryl/α,β-unsaturated/α-hetero) is 2. The van der Waals surface area contributed by atoms with Crippen molar-refractivity contribution >= 4 is 46.5 Å². The lowest BCUT2D eigenvalue weighted by atomic mass is 10.0. The summed E-state index contributed by atoms with van der Waals surface area (Å²) in [7, 11) is 3.39. The van der Waals surface area contributed by atoms with Gasteiger partial charge in [0.25, 0.3) is 0 Å². The molecule has 0 spiro atoms. The molecule has 2 N–H and O–H groups in total. The van der Waals surface area contributed by atoms with Gasteiger partial charge in [0, 0.05) is 48.2 Å². The van der Waals surface area contributed by atoms with Crippen molar-refractivity contribution in [1.82, 2.24) is 19.7 Å². The second kappa shape index (κ2) is 13.4. The zero-order chi connectivity index (χ0) is 33.9. The van der Waals surface area contributed by atoms with Gasteiger partial charge in [-0.3, -0.25) is 19.1 Å². The van der Waals surface area contributed by atoms with E-state index in [9.17, 15) is 45.1 Å². The monoisotopic (exact) mass is 673 g/mol. The number of benzene rings is 1. The van der Waals surface area contributed by atoms with Crippen LogP contribution < -0.4 is 10.5 Å². The van der Waals surface area contributed by atoms with Crippen molar-refractivity contribution in [3.8, 4) is 16.9 Å². The number of hydrogen-bond donors (Lipinski definition) is 1. The summed E-state index contributed by atoms with van der Waals surface area (Å²) in [5.41, 5.74) is 6.84. The topological polar surface area (TPSA) is 120 Å². The third-order valence-electron chi connectivity index (χ3n) is 5.81. The van der Waals surface area contributed by atoms with E-state index >= 15 is 0 Å². The first-order chi connectivity index (χ1) is 20.0. The van der Waals surface area contributed by atoms with Crippen LogP contribution in [-0.2, 0) is 19.9 Å². The highest BCUT2D eigenvalue weighted by Crippen LogP contribution is 2.37. The fourth-order valence-corrected chi connectivity index (χ4v) is 4.23. The Morgan fingerprint density at radius 3 is 2.02 bits per heavy atom. The molecule has 1 unspecified atom stereocenters. The first kappa shape index (κ1) is 36.3. The Morgan fingerprint density at radius 1 is 0.977 bits per heavy atom. The van der Waals surface area contributed by atoms with Crippen molar-refractivity contribution in [3.05, 3.63) is 58.2 Å². The molecule has 0 aliphatic rings. The summed E-state index contributed by atoms with van der Waals surface area (Å²) in [4.78, 5) is 37.5. The van der Waals surface area contributed by atoms with E-state index in [0.29, 0.717) is 11.1 Å². The molecular weight excluding hydrogens is 650 g/mol. The maximum atomic E-state index is 13.9. The molecule has 9 nitrogen and oxygen atoms in total. The van der Waals surface area contributed by atoms with E-state index in [1.807, 2.05) is 0 Å². The van der Waals surface area contributed by atoms with E-state index in [1.165, 1.54) is 17.0 Å². The third-order valence-corrected chi connectivity index (χ3v) is 6.52. The summed E-state index contributed by atoms with van der Waals surface area (Å²) in [6.07, 6.45) is -7.27. The molecule has 0 aliphatic carbocycles. The third kappa shape index (κ3) is 8.37. The quantitative estimate of drug-likeness (QED) is 0.181. The maximum absolute atomic E-state index is 13.9. The predicted molar refractivity (Wildman–Crippen MR) is 145 cm³/mol. The number of halogens is 9. The standard InChI is InChI=1S/C22H24Cl2FN5O2.C4F6O2/c1-12(18-15(23)6-7-16(25)19(18)24)32-17-8-13(9-27-20(17)26)14-10-28-30(11-14)22(2,3)21(31)29(4)5;5-3(6,7)1(11)2(12)4(8,9)10/h6-12H,1-5H3,(H2,26,27);. The van der Waals surface area contributed by atoms with Gasteiger partial charge in [-0.05, 0) is 39.0 Å². The largest absolute Gasteiger partial charge is 0.482 e. The van der Waals surface area contributed by atoms with Gasteiger partial charge in [-0.2, -0.15) is 31.4 Å². The molecule has 0 aliphatic heterocycles. The number of aromatic nitrogens is 3. The molecule has 18 heteroatoms. The number of nitrogen functional groups attached to an aromatic ring is 1. The average Bonchev–Trinajstić information content (AvgIpc) is 3.41. The first-order valence-electron chi connectivity index (χ1n) is 12.1. The summed E-state index contributed by atoms with van der Waals surface area (Å²) >= 11 is 12.3. The highest BCUT2D eigenvalue weighted by molar-refractivity contribution is 6.41. The zero-order valence-corrected chi connectivity index (χ0v) is 25.0. The number of amides is 1. The van der Waals surface area contributed by atoms with Crippen molar-refractivity contribution in [2.75, 3.05) is 19.8 Å². The highest BCUT2D eigenvalue weighted by atomic mass is 35.5. The van der Waals surface area contributed by atoms with Crippen molar-refractivity contribution in [1.29, 1.82) is 0 Å². The minimum Gasteiger partial charge on any atom is -0.482 e. The molecule has 0 fully saturated rings. The molecule has 240 valence electrons. The smallest absolute Gasteiger partial charge is 0.458 e. The van der Waals surface area contributed by atoms with Crippen molar-refractivity contribution in [2.24, 2.45) is 0 Å². The number of rotatable bonds is 7. The van der Waals surface area contributed by atoms with Gasteiger partial charge in [0.05, 0.1) is 11.2 Å². The molecule has 0 radical (unpaired) electrons. The van der Waals surface area contributed by atoms with Gasteiger partial charge >= 0.3 is 23.9 Å². The summed E-state index contributed by atoms with van der Waals surface area (Å²) in [5.74, 6) is -7.07. The lowest BCUT2D eigenvalue weighted by molar-refractivity contribution is -0.193. The molecular formula is C26H24Cl2F7N5O4. The Bertz CT molecular complexity index is 1530. The number of carbonyl (C=O) groups is 3. The van der Waals surface area contributed by atoms with Gasteiger partial charge in [0.1, 0.15) is 17.5 Å². The Labute approximate surface area is 255 Å². The number of alkyl halides is 6. The summed E-state index contributed by atoms with van der Waals surface area (Å²) in [6.45, 7) is 5.26. The SMILES string of the molecule is CC(Oc1cc(-c2cnn(C(C)(C)C(=O)N(C)C)c2)cnc1N)c1c(Cl)ccc(F)c1Cl.O=C(C(=O)C(F)(F)F)C(F)(F)F. The van der Waals surface area contributed by atoms with E-state index in [4.69, 9.17) is 33.7 Å². The molecule has 44 heavy (non-hydrogen) atoms. The average molecular weight is 674 g/mol. The van der Waals surface area contributed by atoms with Crippen LogP contribution >= 0.6 is 23.2 Å². The van der Waals surface area contributed by atoms with Gasteiger partial charge in [0.15, 0.2) is 11.6 Å². The Balaban J connectivity index is 0.000000477. The number of carbonyl (C=O) groups excluding carboxylic acids is 3. The van der Waals surface area contributed by atoms with Crippen LogP contribution in [0.2, 0.25) is 10.0 Å². The molecule has 1 aromatic carbocycles. The number of ketones is 2. The highest BCUT2D eigenvalue weighted by Gasteiger charge is 2.54.